The summed E-state index contributed by atoms with van der Waals surface area (Å²) in [5.74, 6) is -0.0585. The molecule has 0 bridgehead atoms. The number of nitrogens with zero attached hydrogens (tertiary/aromatic N) is 1. The molecule has 0 aromatic heterocycles. The number of anilines is 1. The van der Waals surface area contributed by atoms with Gasteiger partial charge in [0.15, 0.2) is 0 Å². The van der Waals surface area contributed by atoms with E-state index in [1.807, 2.05) is 38.2 Å². The van der Waals surface area contributed by atoms with Crippen molar-refractivity contribution in [1.82, 2.24) is 4.90 Å². The molecule has 4 heteroatoms. The van der Waals surface area contributed by atoms with E-state index in [9.17, 15) is 4.79 Å². The van der Waals surface area contributed by atoms with Gasteiger partial charge in [-0.15, -0.1) is 0 Å². The summed E-state index contributed by atoms with van der Waals surface area (Å²) in [6, 6.07) is 7.54. The van der Waals surface area contributed by atoms with E-state index in [0.717, 1.165) is 25.0 Å². The molecule has 1 aliphatic heterocycles. The topological polar surface area (TPSA) is 55.6 Å². The highest BCUT2D eigenvalue weighted by molar-refractivity contribution is 5.83. The number of carbonyl (C=O) groups excluding carboxylic acids is 1. The lowest BCUT2D eigenvalue weighted by Gasteiger charge is -2.29. The van der Waals surface area contributed by atoms with Crippen LogP contribution in [0.25, 0.3) is 0 Å². The first kappa shape index (κ1) is 14.9. The lowest BCUT2D eigenvalue weighted by molar-refractivity contribution is -0.133. The Morgan fingerprint density at radius 3 is 2.95 bits per heavy atom. The Morgan fingerprint density at radius 2 is 2.30 bits per heavy atom. The number of likely N-dealkylation sites (N-methyl/N-ethyl adjacent to an activating group) is 1. The van der Waals surface area contributed by atoms with Crippen LogP contribution < -0.4 is 5.73 Å². The smallest absolute Gasteiger partial charge is 0.229 e. The van der Waals surface area contributed by atoms with Crippen LogP contribution in [-0.4, -0.2) is 37.1 Å². The number of hydrogen-bond acceptors (Lipinski definition) is 3. The van der Waals surface area contributed by atoms with Gasteiger partial charge in [-0.25, -0.2) is 0 Å². The van der Waals surface area contributed by atoms with Crippen molar-refractivity contribution in [3.63, 3.8) is 0 Å². The van der Waals surface area contributed by atoms with Crippen molar-refractivity contribution >= 4 is 11.6 Å². The van der Waals surface area contributed by atoms with Crippen molar-refractivity contribution in [3.8, 4) is 0 Å². The molecule has 2 rings (SSSR count). The van der Waals surface area contributed by atoms with E-state index in [0.29, 0.717) is 12.2 Å². The number of rotatable bonds is 4. The molecule has 1 aromatic carbocycles. The van der Waals surface area contributed by atoms with Gasteiger partial charge in [0.1, 0.15) is 0 Å². The Hall–Kier alpha value is -1.55. The second kappa shape index (κ2) is 6.75. The molecule has 2 N–H and O–H groups in total. The third kappa shape index (κ3) is 3.73. The summed E-state index contributed by atoms with van der Waals surface area (Å²) in [5.41, 5.74) is 7.44. The first-order chi connectivity index (χ1) is 9.58. The summed E-state index contributed by atoms with van der Waals surface area (Å²) in [6.07, 6.45) is 3.56. The maximum Gasteiger partial charge on any atom is 0.229 e. The van der Waals surface area contributed by atoms with Gasteiger partial charge in [-0.3, -0.25) is 4.79 Å². The largest absolute Gasteiger partial charge is 0.399 e. The summed E-state index contributed by atoms with van der Waals surface area (Å²) in [4.78, 5) is 14.2. The van der Waals surface area contributed by atoms with Gasteiger partial charge in [0.2, 0.25) is 5.91 Å². The molecule has 0 radical (unpaired) electrons. The van der Waals surface area contributed by atoms with E-state index >= 15 is 0 Å². The SMILES string of the molecule is CC(C(=O)N(C)CC1CCCCO1)c1cccc(N)c1. The van der Waals surface area contributed by atoms with Crippen molar-refractivity contribution < 1.29 is 9.53 Å². The normalized spacial score (nSPS) is 20.4. The van der Waals surface area contributed by atoms with Crippen molar-refractivity contribution in [1.29, 1.82) is 0 Å². The van der Waals surface area contributed by atoms with Gasteiger partial charge in [0, 0.05) is 25.9 Å². The summed E-state index contributed by atoms with van der Waals surface area (Å²) in [5, 5.41) is 0. The number of amides is 1. The number of ether oxygens (including phenoxy) is 1. The van der Waals surface area contributed by atoms with Gasteiger partial charge >= 0.3 is 0 Å². The van der Waals surface area contributed by atoms with Gasteiger partial charge in [-0.1, -0.05) is 12.1 Å². The average Bonchev–Trinajstić information content (AvgIpc) is 2.46. The van der Waals surface area contributed by atoms with E-state index in [-0.39, 0.29) is 17.9 Å². The zero-order chi connectivity index (χ0) is 14.5. The van der Waals surface area contributed by atoms with Crippen molar-refractivity contribution in [2.24, 2.45) is 0 Å². The van der Waals surface area contributed by atoms with Crippen LogP contribution in [0, 0.1) is 0 Å². The molecule has 1 saturated heterocycles. The quantitative estimate of drug-likeness (QED) is 0.859. The molecule has 1 amide bonds. The molecule has 2 unspecified atom stereocenters. The van der Waals surface area contributed by atoms with E-state index in [1.54, 1.807) is 4.90 Å². The van der Waals surface area contributed by atoms with Gasteiger partial charge < -0.3 is 15.4 Å². The highest BCUT2D eigenvalue weighted by atomic mass is 16.5. The zero-order valence-electron chi connectivity index (χ0n) is 12.3. The van der Waals surface area contributed by atoms with E-state index in [2.05, 4.69) is 0 Å². The molecule has 20 heavy (non-hydrogen) atoms. The van der Waals surface area contributed by atoms with Crippen molar-refractivity contribution in [2.45, 2.75) is 38.2 Å². The van der Waals surface area contributed by atoms with Crippen molar-refractivity contribution in [2.75, 3.05) is 25.9 Å². The molecule has 1 aliphatic rings. The van der Waals surface area contributed by atoms with Crippen LogP contribution in [0.3, 0.4) is 0 Å². The number of carbonyl (C=O) groups is 1. The standard InChI is InChI=1S/C16H24N2O2/c1-12(13-6-5-7-14(17)10-13)16(19)18(2)11-15-8-3-4-9-20-15/h5-7,10,12,15H,3-4,8-9,11,17H2,1-2H3. The van der Waals surface area contributed by atoms with Gasteiger partial charge in [-0.05, 0) is 43.9 Å². The summed E-state index contributed by atoms with van der Waals surface area (Å²) >= 11 is 0. The molecular weight excluding hydrogens is 252 g/mol. The van der Waals surface area contributed by atoms with Crippen LogP contribution in [0.15, 0.2) is 24.3 Å². The fourth-order valence-corrected chi connectivity index (χ4v) is 2.65. The maximum absolute atomic E-state index is 12.5. The first-order valence-corrected chi connectivity index (χ1v) is 7.30. The second-order valence-electron chi connectivity index (χ2n) is 5.60. The third-order valence-electron chi connectivity index (χ3n) is 3.91. The number of hydrogen-bond donors (Lipinski definition) is 1. The lowest BCUT2D eigenvalue weighted by Crippen LogP contribution is -2.39. The Kier molecular flexibility index (Phi) is 5.01. The van der Waals surface area contributed by atoms with Crippen LogP contribution in [0.1, 0.15) is 37.7 Å². The minimum atomic E-state index is -0.174. The fourth-order valence-electron chi connectivity index (χ4n) is 2.65. The molecule has 0 aliphatic carbocycles. The summed E-state index contributed by atoms with van der Waals surface area (Å²) in [6.45, 7) is 3.41. The second-order valence-corrected chi connectivity index (χ2v) is 5.60. The summed E-state index contributed by atoms with van der Waals surface area (Å²) in [7, 11) is 1.85. The Morgan fingerprint density at radius 1 is 1.50 bits per heavy atom. The monoisotopic (exact) mass is 276 g/mol. The van der Waals surface area contributed by atoms with Crippen LogP contribution in [0.2, 0.25) is 0 Å². The minimum Gasteiger partial charge on any atom is -0.399 e. The highest BCUT2D eigenvalue weighted by Gasteiger charge is 2.23. The molecule has 1 heterocycles. The maximum atomic E-state index is 12.5. The molecule has 1 aromatic rings. The predicted molar refractivity (Wildman–Crippen MR) is 80.5 cm³/mol. The Labute approximate surface area is 120 Å². The molecule has 1 fully saturated rings. The number of benzene rings is 1. The first-order valence-electron chi connectivity index (χ1n) is 7.30. The lowest BCUT2D eigenvalue weighted by atomic mass is 9.99. The highest BCUT2D eigenvalue weighted by Crippen LogP contribution is 2.21. The van der Waals surface area contributed by atoms with Crippen LogP contribution in [-0.2, 0) is 9.53 Å². The Balaban J connectivity index is 1.95. The van der Waals surface area contributed by atoms with Gasteiger partial charge in [0.05, 0.1) is 12.0 Å². The molecular formula is C16H24N2O2. The number of nitrogen functional groups attached to an aromatic ring is 1. The summed E-state index contributed by atoms with van der Waals surface area (Å²) < 4.78 is 5.69. The number of nitrogens with two attached hydrogens (primary N) is 1. The minimum absolute atomic E-state index is 0.116. The molecule has 4 nitrogen and oxygen atoms in total. The van der Waals surface area contributed by atoms with Crippen molar-refractivity contribution in [3.05, 3.63) is 29.8 Å². The predicted octanol–water partition coefficient (Wildman–Crippen LogP) is 2.40. The third-order valence-corrected chi connectivity index (χ3v) is 3.91. The van der Waals surface area contributed by atoms with Crippen LogP contribution in [0.5, 0.6) is 0 Å². The fraction of sp³-hybridized carbons (Fsp3) is 0.562. The zero-order valence-corrected chi connectivity index (χ0v) is 12.3. The Bertz CT molecular complexity index is 456. The van der Waals surface area contributed by atoms with Gasteiger partial charge in [-0.2, -0.15) is 0 Å². The molecule has 0 saturated carbocycles. The van der Waals surface area contributed by atoms with Gasteiger partial charge in [0.25, 0.3) is 0 Å². The van der Waals surface area contributed by atoms with Crippen LogP contribution in [0.4, 0.5) is 5.69 Å². The molecule has 0 spiro atoms. The molecule has 2 atom stereocenters. The van der Waals surface area contributed by atoms with E-state index in [4.69, 9.17) is 10.5 Å². The van der Waals surface area contributed by atoms with E-state index < -0.39 is 0 Å². The molecule has 110 valence electrons. The van der Waals surface area contributed by atoms with Crippen LogP contribution >= 0.6 is 0 Å². The average molecular weight is 276 g/mol. The van der Waals surface area contributed by atoms with E-state index in [1.165, 1.54) is 6.42 Å².